The van der Waals surface area contributed by atoms with E-state index in [4.69, 9.17) is 0 Å². The second-order valence-corrected chi connectivity index (χ2v) is 7.57. The quantitative estimate of drug-likeness (QED) is 0.464. The molecular weight excluding hydrogens is 406 g/mol. The van der Waals surface area contributed by atoms with Crippen molar-refractivity contribution in [3.8, 4) is 11.1 Å². The molecule has 0 aliphatic carbocycles. The zero-order chi connectivity index (χ0) is 22.2. The van der Waals surface area contributed by atoms with Crippen molar-refractivity contribution in [1.82, 2.24) is 24.4 Å². The number of hydrogen-bond donors (Lipinski definition) is 1. The fourth-order valence-corrected chi connectivity index (χ4v) is 4.00. The Morgan fingerprint density at radius 1 is 1.00 bits per heavy atom. The molecule has 8 heteroatoms. The maximum atomic E-state index is 13.2. The fraction of sp³-hybridized carbons (Fsp3) is 0.125. The lowest BCUT2D eigenvalue weighted by atomic mass is 10.1. The van der Waals surface area contributed by atoms with Crippen LogP contribution in [-0.4, -0.2) is 35.5 Å². The first kappa shape index (κ1) is 19.6. The van der Waals surface area contributed by atoms with Gasteiger partial charge in [0.15, 0.2) is 11.2 Å². The minimum Gasteiger partial charge on any atom is -0.480 e. The van der Waals surface area contributed by atoms with E-state index in [1.54, 1.807) is 10.6 Å². The highest BCUT2D eigenvalue weighted by molar-refractivity contribution is 5.84. The number of benzene rings is 2. The Bertz CT molecular complexity index is 1510. The number of pyridine rings is 1. The zero-order valence-electron chi connectivity index (χ0n) is 17.2. The molecule has 158 valence electrons. The van der Waals surface area contributed by atoms with Crippen LogP contribution < -0.4 is 5.56 Å². The first-order chi connectivity index (χ1) is 15.5. The zero-order valence-corrected chi connectivity index (χ0v) is 17.2. The van der Waals surface area contributed by atoms with Gasteiger partial charge in [-0.25, -0.2) is 9.31 Å². The number of rotatable bonds is 5. The standard InChI is InChI=1S/C24H19N5O3/c1-15-20(17-10-6-3-7-11-17)22-26-25-21-18(29(22)27-15)12-13-28(23(21)30)19(24(31)32)14-16-8-4-2-5-9-16/h2-13,19H,14H2,1H3,(H,31,32). The maximum absolute atomic E-state index is 13.2. The lowest BCUT2D eigenvalue weighted by Gasteiger charge is -2.16. The summed E-state index contributed by atoms with van der Waals surface area (Å²) >= 11 is 0. The van der Waals surface area contributed by atoms with E-state index in [-0.39, 0.29) is 11.9 Å². The van der Waals surface area contributed by atoms with E-state index in [2.05, 4.69) is 15.3 Å². The van der Waals surface area contributed by atoms with Gasteiger partial charge in [-0.15, -0.1) is 10.2 Å². The number of fused-ring (bicyclic) bond motifs is 3. The molecule has 1 N–H and O–H groups in total. The van der Waals surface area contributed by atoms with E-state index in [1.165, 1.54) is 10.8 Å². The number of aromatic nitrogens is 5. The third kappa shape index (κ3) is 3.22. The summed E-state index contributed by atoms with van der Waals surface area (Å²) in [6, 6.07) is 19.5. The average Bonchev–Trinajstić information content (AvgIpc) is 3.15. The average molecular weight is 425 g/mol. The van der Waals surface area contributed by atoms with Crippen molar-refractivity contribution in [2.75, 3.05) is 0 Å². The Morgan fingerprint density at radius 3 is 2.38 bits per heavy atom. The summed E-state index contributed by atoms with van der Waals surface area (Å²) in [6.45, 7) is 1.88. The van der Waals surface area contributed by atoms with Crippen molar-refractivity contribution in [2.24, 2.45) is 0 Å². The molecule has 1 unspecified atom stereocenters. The second-order valence-electron chi connectivity index (χ2n) is 7.57. The topological polar surface area (TPSA) is 102 Å². The van der Waals surface area contributed by atoms with Gasteiger partial charge in [0.2, 0.25) is 0 Å². The van der Waals surface area contributed by atoms with Gasteiger partial charge in [-0.1, -0.05) is 60.7 Å². The van der Waals surface area contributed by atoms with Gasteiger partial charge >= 0.3 is 5.97 Å². The van der Waals surface area contributed by atoms with Gasteiger partial charge in [0.1, 0.15) is 11.6 Å². The Morgan fingerprint density at radius 2 is 1.69 bits per heavy atom. The molecule has 0 aliphatic heterocycles. The molecule has 0 fully saturated rings. The van der Waals surface area contributed by atoms with Crippen LogP contribution >= 0.6 is 0 Å². The number of aryl methyl sites for hydroxylation is 1. The van der Waals surface area contributed by atoms with Crippen molar-refractivity contribution in [3.63, 3.8) is 0 Å². The monoisotopic (exact) mass is 425 g/mol. The van der Waals surface area contributed by atoms with E-state index in [9.17, 15) is 14.7 Å². The Labute approximate surface area is 182 Å². The van der Waals surface area contributed by atoms with Gasteiger partial charge in [0.05, 0.1) is 11.3 Å². The van der Waals surface area contributed by atoms with Crippen LogP contribution in [0.3, 0.4) is 0 Å². The van der Waals surface area contributed by atoms with E-state index in [0.717, 1.165) is 22.4 Å². The first-order valence-electron chi connectivity index (χ1n) is 10.1. The van der Waals surface area contributed by atoms with Gasteiger partial charge in [0, 0.05) is 12.6 Å². The Balaban J connectivity index is 1.67. The van der Waals surface area contributed by atoms with Gasteiger partial charge in [-0.05, 0) is 24.1 Å². The van der Waals surface area contributed by atoms with Gasteiger partial charge in [-0.3, -0.25) is 9.36 Å². The van der Waals surface area contributed by atoms with Gasteiger partial charge < -0.3 is 5.11 Å². The fourth-order valence-electron chi connectivity index (χ4n) is 4.00. The number of carbonyl (C=O) groups is 1. The van der Waals surface area contributed by atoms with Gasteiger partial charge in [0.25, 0.3) is 5.56 Å². The molecule has 5 rings (SSSR count). The molecule has 0 aliphatic rings. The summed E-state index contributed by atoms with van der Waals surface area (Å²) in [5, 5.41) is 22.9. The lowest BCUT2D eigenvalue weighted by molar-refractivity contribution is -0.141. The summed E-state index contributed by atoms with van der Waals surface area (Å²) in [7, 11) is 0. The predicted molar refractivity (Wildman–Crippen MR) is 120 cm³/mol. The molecule has 1 atom stereocenters. The number of nitrogens with zero attached hydrogens (tertiary/aromatic N) is 5. The Kier molecular flexibility index (Phi) is 4.74. The largest absolute Gasteiger partial charge is 0.480 e. The number of carboxylic acids is 1. The minimum absolute atomic E-state index is 0.0708. The first-order valence-corrected chi connectivity index (χ1v) is 10.1. The van der Waals surface area contributed by atoms with Crippen LogP contribution in [0.5, 0.6) is 0 Å². The summed E-state index contributed by atoms with van der Waals surface area (Å²) in [4.78, 5) is 25.2. The third-order valence-electron chi connectivity index (χ3n) is 5.54. The summed E-state index contributed by atoms with van der Waals surface area (Å²) in [5.74, 6) is -1.09. The molecule has 0 saturated carbocycles. The molecular formula is C24H19N5O3. The number of carboxylic acid groups (broad SMARTS) is 1. The van der Waals surface area contributed by atoms with E-state index >= 15 is 0 Å². The van der Waals surface area contributed by atoms with Crippen LogP contribution in [0, 0.1) is 6.92 Å². The van der Waals surface area contributed by atoms with Crippen LogP contribution in [-0.2, 0) is 11.2 Å². The molecule has 32 heavy (non-hydrogen) atoms. The molecule has 3 aromatic heterocycles. The second kappa shape index (κ2) is 7.73. The Hall–Kier alpha value is -4.33. The lowest BCUT2D eigenvalue weighted by Crippen LogP contribution is -2.31. The molecule has 0 spiro atoms. The van der Waals surface area contributed by atoms with Crippen LogP contribution in [0.2, 0.25) is 0 Å². The smallest absolute Gasteiger partial charge is 0.327 e. The van der Waals surface area contributed by atoms with Crippen molar-refractivity contribution in [3.05, 3.63) is 94.5 Å². The molecule has 0 bridgehead atoms. The van der Waals surface area contributed by atoms with E-state index in [0.29, 0.717) is 11.2 Å². The van der Waals surface area contributed by atoms with Crippen molar-refractivity contribution in [2.45, 2.75) is 19.4 Å². The minimum atomic E-state index is -1.09. The highest BCUT2D eigenvalue weighted by atomic mass is 16.4. The predicted octanol–water partition coefficient (Wildman–Crippen LogP) is 3.28. The van der Waals surface area contributed by atoms with E-state index < -0.39 is 17.6 Å². The molecule has 5 aromatic rings. The van der Waals surface area contributed by atoms with Crippen LogP contribution in [0.25, 0.3) is 27.8 Å². The normalized spacial score (nSPS) is 12.3. The highest BCUT2D eigenvalue weighted by Gasteiger charge is 2.24. The van der Waals surface area contributed by atoms with Crippen LogP contribution in [0.4, 0.5) is 0 Å². The van der Waals surface area contributed by atoms with Crippen molar-refractivity contribution >= 4 is 22.6 Å². The third-order valence-corrected chi connectivity index (χ3v) is 5.54. The molecule has 8 nitrogen and oxygen atoms in total. The molecule has 0 radical (unpaired) electrons. The molecule has 3 heterocycles. The maximum Gasteiger partial charge on any atom is 0.327 e. The van der Waals surface area contributed by atoms with Crippen LogP contribution in [0.1, 0.15) is 17.3 Å². The van der Waals surface area contributed by atoms with Crippen molar-refractivity contribution in [1.29, 1.82) is 0 Å². The number of hydrogen-bond acceptors (Lipinski definition) is 5. The number of aliphatic carboxylic acids is 1. The summed E-state index contributed by atoms with van der Waals surface area (Å²) in [6.07, 6.45) is 1.67. The molecule has 0 saturated heterocycles. The van der Waals surface area contributed by atoms with E-state index in [1.807, 2.05) is 67.6 Å². The summed E-state index contributed by atoms with van der Waals surface area (Å²) in [5.41, 5.74) is 3.95. The van der Waals surface area contributed by atoms with Gasteiger partial charge in [-0.2, -0.15) is 5.10 Å². The molecule has 0 amide bonds. The van der Waals surface area contributed by atoms with Crippen molar-refractivity contribution < 1.29 is 9.90 Å². The SMILES string of the molecule is Cc1nn2c(nnc3c(=O)n(C(Cc4ccccc4)C(=O)O)ccc32)c1-c1ccccc1. The highest BCUT2D eigenvalue weighted by Crippen LogP contribution is 2.28. The molecule has 2 aromatic carbocycles. The van der Waals surface area contributed by atoms with Crippen LogP contribution in [0.15, 0.2) is 77.7 Å². The summed E-state index contributed by atoms with van der Waals surface area (Å²) < 4.78 is 2.80.